The molecule has 0 unspecified atom stereocenters. The van der Waals surface area contributed by atoms with Gasteiger partial charge in [0.25, 0.3) is 0 Å². The molecule has 15 heavy (non-hydrogen) atoms. The highest BCUT2D eigenvalue weighted by Crippen LogP contribution is 2.22. The SMILES string of the molecule is [N-]=[N+]=Nc1nnc(-c2ccc(Cl)cc2)o1. The molecule has 0 saturated carbocycles. The lowest BCUT2D eigenvalue weighted by Crippen LogP contribution is -1.76. The molecule has 2 aromatic rings. The summed E-state index contributed by atoms with van der Waals surface area (Å²) < 4.78 is 5.06. The zero-order chi connectivity index (χ0) is 10.7. The van der Waals surface area contributed by atoms with Crippen molar-refractivity contribution in [1.82, 2.24) is 10.2 Å². The standard InChI is InChI=1S/C8H4ClN5O/c9-6-3-1-5(2-4-6)7-11-12-8(15-7)13-14-10/h1-4H. The molecular formula is C8H4ClN5O. The van der Waals surface area contributed by atoms with Gasteiger partial charge < -0.3 is 4.42 Å². The number of hydrogen-bond donors (Lipinski definition) is 0. The summed E-state index contributed by atoms with van der Waals surface area (Å²) in [7, 11) is 0. The van der Waals surface area contributed by atoms with Crippen molar-refractivity contribution in [1.29, 1.82) is 0 Å². The van der Waals surface area contributed by atoms with E-state index in [1.807, 2.05) is 0 Å². The first-order chi connectivity index (χ1) is 7.29. The Morgan fingerprint density at radius 3 is 2.67 bits per heavy atom. The normalized spacial score (nSPS) is 9.67. The smallest absolute Gasteiger partial charge is 0.304 e. The molecule has 1 aromatic heterocycles. The third-order valence-corrected chi connectivity index (χ3v) is 1.89. The van der Waals surface area contributed by atoms with Gasteiger partial charge in [0.15, 0.2) is 0 Å². The maximum absolute atomic E-state index is 8.15. The lowest BCUT2D eigenvalue weighted by Gasteiger charge is -1.93. The minimum atomic E-state index is -0.109. The minimum Gasteiger partial charge on any atom is -0.415 e. The molecule has 1 aromatic carbocycles. The zero-order valence-corrected chi connectivity index (χ0v) is 8.09. The first-order valence-electron chi connectivity index (χ1n) is 3.94. The highest BCUT2D eigenvalue weighted by molar-refractivity contribution is 6.30. The van der Waals surface area contributed by atoms with E-state index in [-0.39, 0.29) is 11.9 Å². The summed E-state index contributed by atoms with van der Waals surface area (Å²) in [6, 6.07) is 6.76. The maximum atomic E-state index is 8.15. The number of benzene rings is 1. The van der Waals surface area contributed by atoms with Gasteiger partial charge in [-0.15, -0.1) is 10.2 Å². The molecule has 0 radical (unpaired) electrons. The van der Waals surface area contributed by atoms with Crippen LogP contribution in [0.4, 0.5) is 6.01 Å². The molecule has 0 N–H and O–H groups in total. The van der Waals surface area contributed by atoms with Crippen LogP contribution < -0.4 is 0 Å². The Kier molecular flexibility index (Phi) is 2.53. The van der Waals surface area contributed by atoms with Gasteiger partial charge in [0.05, 0.1) is 0 Å². The van der Waals surface area contributed by atoms with Crippen LogP contribution in [-0.2, 0) is 0 Å². The van der Waals surface area contributed by atoms with E-state index in [2.05, 4.69) is 20.2 Å². The summed E-state index contributed by atoms with van der Waals surface area (Å²) in [5.41, 5.74) is 8.86. The average molecular weight is 222 g/mol. The van der Waals surface area contributed by atoms with E-state index in [4.69, 9.17) is 21.5 Å². The van der Waals surface area contributed by atoms with Gasteiger partial charge in [0.1, 0.15) is 0 Å². The second-order valence-corrected chi connectivity index (χ2v) is 3.02. The van der Waals surface area contributed by atoms with E-state index >= 15 is 0 Å². The lowest BCUT2D eigenvalue weighted by atomic mass is 10.2. The Labute approximate surface area is 89.1 Å². The summed E-state index contributed by atoms with van der Waals surface area (Å²) in [6.45, 7) is 0. The van der Waals surface area contributed by atoms with Crippen LogP contribution >= 0.6 is 11.6 Å². The molecule has 6 nitrogen and oxygen atoms in total. The summed E-state index contributed by atoms with van der Waals surface area (Å²) in [6.07, 6.45) is 0. The van der Waals surface area contributed by atoms with Crippen LogP contribution in [0.15, 0.2) is 33.8 Å². The van der Waals surface area contributed by atoms with Gasteiger partial charge in [-0.1, -0.05) is 11.6 Å². The van der Waals surface area contributed by atoms with Gasteiger partial charge in [-0.2, -0.15) is 0 Å². The molecular weight excluding hydrogens is 218 g/mol. The molecule has 0 aliphatic heterocycles. The molecule has 0 aliphatic carbocycles. The van der Waals surface area contributed by atoms with Crippen molar-refractivity contribution >= 4 is 17.6 Å². The van der Waals surface area contributed by atoms with E-state index in [0.29, 0.717) is 10.6 Å². The van der Waals surface area contributed by atoms with Gasteiger partial charge in [0.2, 0.25) is 5.89 Å². The van der Waals surface area contributed by atoms with E-state index in [0.717, 1.165) is 0 Å². The largest absolute Gasteiger partial charge is 0.415 e. The van der Waals surface area contributed by atoms with Crippen molar-refractivity contribution < 1.29 is 4.42 Å². The van der Waals surface area contributed by atoms with Gasteiger partial charge in [-0.05, 0) is 29.8 Å². The van der Waals surface area contributed by atoms with Crippen molar-refractivity contribution in [2.45, 2.75) is 0 Å². The molecule has 1 heterocycles. The van der Waals surface area contributed by atoms with E-state index in [1.165, 1.54) is 0 Å². The van der Waals surface area contributed by atoms with Crippen molar-refractivity contribution in [2.24, 2.45) is 5.11 Å². The van der Waals surface area contributed by atoms with Crippen LogP contribution in [0, 0.1) is 0 Å². The number of aromatic nitrogens is 2. The third-order valence-electron chi connectivity index (χ3n) is 1.64. The van der Waals surface area contributed by atoms with Gasteiger partial charge in [-0.3, -0.25) is 0 Å². The van der Waals surface area contributed by atoms with Crippen LogP contribution in [0.2, 0.25) is 5.02 Å². The minimum absolute atomic E-state index is 0.109. The Balaban J connectivity index is 2.37. The van der Waals surface area contributed by atoms with Crippen LogP contribution in [0.5, 0.6) is 0 Å². The molecule has 0 bridgehead atoms. The number of hydrogen-bond acceptors (Lipinski definition) is 4. The fourth-order valence-corrected chi connectivity index (χ4v) is 1.13. The highest BCUT2D eigenvalue weighted by atomic mass is 35.5. The second-order valence-electron chi connectivity index (χ2n) is 2.59. The zero-order valence-electron chi connectivity index (χ0n) is 7.33. The highest BCUT2D eigenvalue weighted by Gasteiger charge is 2.06. The third kappa shape index (κ3) is 2.07. The molecule has 0 spiro atoms. The number of rotatable bonds is 2. The summed E-state index contributed by atoms with van der Waals surface area (Å²) >= 11 is 5.72. The summed E-state index contributed by atoms with van der Waals surface area (Å²) in [4.78, 5) is 2.53. The fraction of sp³-hybridized carbons (Fsp3) is 0. The number of azide groups is 1. The average Bonchev–Trinajstić information content (AvgIpc) is 2.68. The Bertz CT molecular complexity index is 514. The number of nitrogens with zero attached hydrogens (tertiary/aromatic N) is 5. The van der Waals surface area contributed by atoms with Gasteiger partial charge >= 0.3 is 6.01 Å². The van der Waals surface area contributed by atoms with E-state index in [1.54, 1.807) is 24.3 Å². The van der Waals surface area contributed by atoms with Gasteiger partial charge in [0, 0.05) is 20.6 Å². The predicted octanol–water partition coefficient (Wildman–Crippen LogP) is 3.33. The topological polar surface area (TPSA) is 87.7 Å². The van der Waals surface area contributed by atoms with E-state index < -0.39 is 0 Å². The molecule has 0 fully saturated rings. The molecule has 7 heteroatoms. The molecule has 0 amide bonds. The molecule has 0 aliphatic rings. The molecule has 0 atom stereocenters. The van der Waals surface area contributed by atoms with Gasteiger partial charge in [-0.25, -0.2) is 0 Å². The second kappa shape index (κ2) is 4.00. The first-order valence-corrected chi connectivity index (χ1v) is 4.32. The summed E-state index contributed by atoms with van der Waals surface area (Å²) in [5.74, 6) is 0.286. The fourth-order valence-electron chi connectivity index (χ4n) is 1.00. The Hall–Kier alpha value is -2.04. The molecule has 0 saturated heterocycles. The maximum Gasteiger partial charge on any atom is 0.304 e. The van der Waals surface area contributed by atoms with Crippen molar-refractivity contribution in [3.05, 3.63) is 39.7 Å². The van der Waals surface area contributed by atoms with Crippen LogP contribution in [0.25, 0.3) is 21.9 Å². The lowest BCUT2D eigenvalue weighted by molar-refractivity contribution is 0.578. The first kappa shape index (κ1) is 9.51. The monoisotopic (exact) mass is 221 g/mol. The van der Waals surface area contributed by atoms with Crippen LogP contribution in [0.1, 0.15) is 0 Å². The van der Waals surface area contributed by atoms with Crippen LogP contribution in [0.3, 0.4) is 0 Å². The predicted molar refractivity (Wildman–Crippen MR) is 53.6 cm³/mol. The van der Waals surface area contributed by atoms with Crippen molar-refractivity contribution in [3.63, 3.8) is 0 Å². The van der Waals surface area contributed by atoms with Crippen molar-refractivity contribution in [3.8, 4) is 11.5 Å². The quantitative estimate of drug-likeness (QED) is 0.443. The van der Waals surface area contributed by atoms with Crippen LogP contribution in [-0.4, -0.2) is 10.2 Å². The summed E-state index contributed by atoms with van der Waals surface area (Å²) in [5, 5.41) is 11.0. The Morgan fingerprint density at radius 1 is 1.27 bits per heavy atom. The molecule has 2 rings (SSSR count). The van der Waals surface area contributed by atoms with E-state index in [9.17, 15) is 0 Å². The molecule has 74 valence electrons. The Morgan fingerprint density at radius 2 is 2.00 bits per heavy atom. The number of halogens is 1. The van der Waals surface area contributed by atoms with Crippen molar-refractivity contribution in [2.75, 3.05) is 0 Å².